The summed E-state index contributed by atoms with van der Waals surface area (Å²) in [5.41, 5.74) is 0. The van der Waals surface area contributed by atoms with Crippen LogP contribution in [0.4, 0.5) is 0 Å². The van der Waals surface area contributed by atoms with Crippen molar-refractivity contribution >= 4 is 23.9 Å². The van der Waals surface area contributed by atoms with Crippen LogP contribution in [0.1, 0.15) is 0 Å². The third kappa shape index (κ3) is 15.2. The first kappa shape index (κ1) is 25.8. The fraction of sp³-hybridized carbons (Fsp3) is 0.600. The second-order valence-corrected chi connectivity index (χ2v) is 3.91. The van der Waals surface area contributed by atoms with Crippen LogP contribution in [-0.2, 0) is 53.3 Å². The summed E-state index contributed by atoms with van der Waals surface area (Å²) in [5, 5.41) is 41.6. The van der Waals surface area contributed by atoms with E-state index in [1.54, 1.807) is 0 Å². The van der Waals surface area contributed by atoms with Crippen molar-refractivity contribution in [3.8, 4) is 0 Å². The van der Waals surface area contributed by atoms with Crippen molar-refractivity contribution in [1.29, 1.82) is 0 Å². The predicted molar refractivity (Wildman–Crippen MR) is 52.9 cm³/mol. The Morgan fingerprint density at radius 1 is 0.545 bits per heavy atom. The van der Waals surface area contributed by atoms with Gasteiger partial charge in [0.05, 0.1) is 23.9 Å². The monoisotopic (exact) mass is 400 g/mol. The molecule has 0 aromatic heterocycles. The minimum Gasteiger partial charge on any atom is -0.549 e. The summed E-state index contributed by atoms with van der Waals surface area (Å²) in [7, 11) is 0. The SMILES string of the molecule is O=C([O-])CN(CCN(CC(=O)[O-])CC(=O)[O-])CC(=O)[O-].[Fe+2].[Fe+2]. The average Bonchev–Trinajstić information content (AvgIpc) is 2.22. The number of rotatable bonds is 11. The third-order valence-electron chi connectivity index (χ3n) is 2.14. The summed E-state index contributed by atoms with van der Waals surface area (Å²) < 4.78 is 0. The van der Waals surface area contributed by atoms with Gasteiger partial charge >= 0.3 is 34.1 Å². The molecule has 0 aliphatic carbocycles. The van der Waals surface area contributed by atoms with Crippen LogP contribution >= 0.6 is 0 Å². The third-order valence-corrected chi connectivity index (χ3v) is 2.14. The van der Waals surface area contributed by atoms with E-state index in [-0.39, 0.29) is 47.2 Å². The van der Waals surface area contributed by atoms with Gasteiger partial charge in [0.1, 0.15) is 0 Å². The summed E-state index contributed by atoms with van der Waals surface area (Å²) in [6, 6.07) is 0. The second kappa shape index (κ2) is 13.5. The Morgan fingerprint density at radius 3 is 0.864 bits per heavy atom. The van der Waals surface area contributed by atoms with Gasteiger partial charge in [-0.3, -0.25) is 9.80 Å². The van der Waals surface area contributed by atoms with E-state index in [2.05, 4.69) is 0 Å². The molecule has 126 valence electrons. The van der Waals surface area contributed by atoms with E-state index in [1.807, 2.05) is 0 Å². The molecule has 0 saturated heterocycles. The Kier molecular flexibility index (Phi) is 15.8. The number of carbonyl (C=O) groups is 4. The zero-order valence-corrected chi connectivity index (χ0v) is 13.3. The van der Waals surface area contributed by atoms with Crippen LogP contribution < -0.4 is 20.4 Å². The Balaban J connectivity index is -0.00000180. The van der Waals surface area contributed by atoms with Crippen molar-refractivity contribution in [2.75, 3.05) is 39.3 Å². The summed E-state index contributed by atoms with van der Waals surface area (Å²) >= 11 is 0. The van der Waals surface area contributed by atoms with E-state index in [0.29, 0.717) is 0 Å². The van der Waals surface area contributed by atoms with E-state index in [9.17, 15) is 39.6 Å². The number of carbonyl (C=O) groups excluding carboxylic acids is 4. The van der Waals surface area contributed by atoms with Gasteiger partial charge < -0.3 is 39.6 Å². The molecule has 0 aliphatic heterocycles. The molecular weight excluding hydrogens is 388 g/mol. The molecule has 0 atom stereocenters. The molecule has 0 fully saturated rings. The minimum absolute atomic E-state index is 0. The molecule has 0 amide bonds. The van der Waals surface area contributed by atoms with Crippen molar-refractivity contribution in [3.63, 3.8) is 0 Å². The van der Waals surface area contributed by atoms with Crippen molar-refractivity contribution in [2.45, 2.75) is 0 Å². The molecule has 0 spiro atoms. The Bertz CT molecular complexity index is 325. The van der Waals surface area contributed by atoms with Gasteiger partial charge in [0.25, 0.3) is 0 Å². The molecule has 0 N–H and O–H groups in total. The van der Waals surface area contributed by atoms with Crippen LogP contribution in [0, 0.1) is 0 Å². The van der Waals surface area contributed by atoms with Crippen LogP contribution in [0.3, 0.4) is 0 Å². The Morgan fingerprint density at radius 2 is 0.727 bits per heavy atom. The Hall–Kier alpha value is -1.16. The van der Waals surface area contributed by atoms with Gasteiger partial charge in [0.15, 0.2) is 0 Å². The fourth-order valence-corrected chi connectivity index (χ4v) is 1.44. The molecule has 12 heteroatoms. The number of hydrogen-bond donors (Lipinski definition) is 0. The van der Waals surface area contributed by atoms with Crippen LogP contribution in [0.25, 0.3) is 0 Å². The molecule has 0 rings (SSSR count). The zero-order valence-electron chi connectivity index (χ0n) is 11.1. The topological polar surface area (TPSA) is 167 Å². The average molecular weight is 400 g/mol. The molecule has 0 aliphatic rings. The van der Waals surface area contributed by atoms with Gasteiger partial charge in [-0.15, -0.1) is 0 Å². The van der Waals surface area contributed by atoms with Gasteiger partial charge in [-0.2, -0.15) is 0 Å². The molecule has 0 aromatic rings. The van der Waals surface area contributed by atoms with Gasteiger partial charge in [-0.05, 0) is 0 Å². The predicted octanol–water partition coefficient (Wildman–Crippen LogP) is -7.42. The molecule has 0 heterocycles. The number of carboxylic acid groups (broad SMARTS) is 4. The maximum Gasteiger partial charge on any atom is 2.00 e. The van der Waals surface area contributed by atoms with Gasteiger partial charge in [0.2, 0.25) is 0 Å². The number of nitrogens with zero attached hydrogens (tertiary/aromatic N) is 2. The summed E-state index contributed by atoms with van der Waals surface area (Å²) in [6.45, 7) is -3.25. The van der Waals surface area contributed by atoms with Crippen molar-refractivity contribution in [1.82, 2.24) is 9.80 Å². The van der Waals surface area contributed by atoms with Crippen molar-refractivity contribution in [3.05, 3.63) is 0 Å². The summed E-state index contributed by atoms with van der Waals surface area (Å²) in [6.07, 6.45) is 0. The van der Waals surface area contributed by atoms with Crippen LogP contribution in [0.5, 0.6) is 0 Å². The van der Waals surface area contributed by atoms with Crippen LogP contribution in [0.2, 0.25) is 0 Å². The molecule has 22 heavy (non-hydrogen) atoms. The van der Waals surface area contributed by atoms with E-state index in [4.69, 9.17) is 0 Å². The Labute approximate surface area is 147 Å². The van der Waals surface area contributed by atoms with Crippen molar-refractivity contribution in [2.24, 2.45) is 0 Å². The molecule has 0 saturated carbocycles. The largest absolute Gasteiger partial charge is 2.00 e. The van der Waals surface area contributed by atoms with E-state index < -0.39 is 50.1 Å². The van der Waals surface area contributed by atoms with Crippen LogP contribution in [0.15, 0.2) is 0 Å². The molecule has 0 radical (unpaired) electrons. The molecule has 0 unspecified atom stereocenters. The smallest absolute Gasteiger partial charge is 0.549 e. The standard InChI is InChI=1S/C10H16N2O8.2Fe/c13-7(14)3-11(4-8(15)16)1-2-12(5-9(17)18)6-10(19)20;;/h1-6H2,(H,13,14)(H,15,16)(H,17,18)(H,19,20);;/q;2*+2/p-4. The normalized spacial score (nSPS) is 9.73. The molecular formula is C10H12Fe2N2O8. The van der Waals surface area contributed by atoms with E-state index in [0.717, 1.165) is 9.80 Å². The maximum atomic E-state index is 10.4. The van der Waals surface area contributed by atoms with Crippen molar-refractivity contribution < 1.29 is 73.7 Å². The second-order valence-electron chi connectivity index (χ2n) is 3.91. The zero-order chi connectivity index (χ0) is 15.7. The summed E-state index contributed by atoms with van der Waals surface area (Å²) in [4.78, 5) is 43.4. The first-order valence-electron chi connectivity index (χ1n) is 5.44. The first-order valence-corrected chi connectivity index (χ1v) is 5.44. The number of aliphatic carboxylic acids is 4. The van der Waals surface area contributed by atoms with Crippen LogP contribution in [-0.4, -0.2) is 72.9 Å². The van der Waals surface area contributed by atoms with Gasteiger partial charge in [0, 0.05) is 39.3 Å². The molecule has 10 nitrogen and oxygen atoms in total. The minimum atomic E-state index is -1.53. The number of carboxylic acids is 4. The quantitative estimate of drug-likeness (QED) is 0.304. The maximum absolute atomic E-state index is 10.4. The fourth-order valence-electron chi connectivity index (χ4n) is 1.44. The van der Waals surface area contributed by atoms with E-state index in [1.165, 1.54) is 0 Å². The molecule has 0 bridgehead atoms. The van der Waals surface area contributed by atoms with Gasteiger partial charge in [-0.1, -0.05) is 0 Å². The first-order chi connectivity index (χ1) is 9.20. The number of hydrogen-bond acceptors (Lipinski definition) is 10. The van der Waals surface area contributed by atoms with Gasteiger partial charge in [-0.25, -0.2) is 0 Å². The van der Waals surface area contributed by atoms with E-state index >= 15 is 0 Å². The summed E-state index contributed by atoms with van der Waals surface area (Å²) in [5.74, 6) is -6.12. The molecule has 0 aromatic carbocycles.